The Hall–Kier alpha value is -2.99. The zero-order chi connectivity index (χ0) is 17.9. The van der Waals surface area contributed by atoms with E-state index in [2.05, 4.69) is 15.0 Å². The van der Waals surface area contributed by atoms with Crippen LogP contribution in [0.3, 0.4) is 0 Å². The molecule has 26 heavy (non-hydrogen) atoms. The van der Waals surface area contributed by atoms with Crippen LogP contribution in [0.1, 0.15) is 11.4 Å². The van der Waals surface area contributed by atoms with Crippen LogP contribution < -0.4 is 5.56 Å². The number of pyridine rings is 1. The second-order valence-corrected chi connectivity index (χ2v) is 6.79. The highest BCUT2D eigenvalue weighted by molar-refractivity contribution is 7.98. The van der Waals surface area contributed by atoms with E-state index >= 15 is 0 Å². The Labute approximate surface area is 154 Å². The summed E-state index contributed by atoms with van der Waals surface area (Å²) in [7, 11) is 0. The molecule has 0 aliphatic rings. The van der Waals surface area contributed by atoms with Crippen molar-refractivity contribution in [2.24, 2.45) is 0 Å². The molecule has 0 unspecified atom stereocenters. The van der Waals surface area contributed by atoms with Crippen LogP contribution in [0.5, 0.6) is 0 Å². The first kappa shape index (κ1) is 16.5. The topological polar surface area (TPSA) is 60.2 Å². The second kappa shape index (κ2) is 7.09. The smallest absolute Gasteiger partial charge is 0.258 e. The minimum absolute atomic E-state index is 0.0821. The molecular weight excluding hydrogens is 344 g/mol. The number of rotatable bonds is 4. The molecule has 0 saturated heterocycles. The van der Waals surface area contributed by atoms with Gasteiger partial charge in [0.25, 0.3) is 5.56 Å². The first-order chi connectivity index (χ1) is 12.7. The predicted molar refractivity (Wildman–Crippen MR) is 103 cm³/mol. The molecule has 4 rings (SSSR count). The Morgan fingerprint density at radius 2 is 1.77 bits per heavy atom. The summed E-state index contributed by atoms with van der Waals surface area (Å²) in [5.74, 6) is 0.540. The van der Waals surface area contributed by atoms with Crippen LogP contribution in [0.15, 0.2) is 76.8 Å². The molecule has 0 fully saturated rings. The molecule has 5 nitrogen and oxygen atoms in total. The number of thioether (sulfide) groups is 1. The zero-order valence-electron chi connectivity index (χ0n) is 14.2. The van der Waals surface area contributed by atoms with Crippen molar-refractivity contribution in [2.75, 3.05) is 0 Å². The average molecular weight is 360 g/mol. The van der Waals surface area contributed by atoms with E-state index in [-0.39, 0.29) is 5.56 Å². The Morgan fingerprint density at radius 1 is 0.962 bits per heavy atom. The lowest BCUT2D eigenvalue weighted by molar-refractivity contribution is 0.935. The Balaban J connectivity index is 1.60. The van der Waals surface area contributed by atoms with Gasteiger partial charge in [0.15, 0.2) is 5.16 Å². The SMILES string of the molecule is Cc1cc(-c2ccccc2)nc(SCc2cc(=O)n3ccccc3n2)n1. The largest absolute Gasteiger partial charge is 0.269 e. The molecule has 1 aromatic carbocycles. The molecule has 3 aromatic heterocycles. The molecule has 0 bridgehead atoms. The van der Waals surface area contributed by atoms with E-state index in [1.54, 1.807) is 12.3 Å². The van der Waals surface area contributed by atoms with Crippen molar-refractivity contribution >= 4 is 17.4 Å². The molecule has 6 heteroatoms. The fraction of sp³-hybridized carbons (Fsp3) is 0.100. The van der Waals surface area contributed by atoms with Gasteiger partial charge in [0.05, 0.1) is 11.4 Å². The number of fused-ring (bicyclic) bond motifs is 1. The number of benzene rings is 1. The third kappa shape index (κ3) is 3.50. The number of hydrogen-bond donors (Lipinski definition) is 0. The maximum atomic E-state index is 12.2. The molecule has 4 aromatic rings. The fourth-order valence-corrected chi connectivity index (χ4v) is 3.47. The quantitative estimate of drug-likeness (QED) is 0.410. The molecule has 3 heterocycles. The van der Waals surface area contributed by atoms with Crippen LogP contribution in [-0.4, -0.2) is 19.4 Å². The van der Waals surface area contributed by atoms with Crippen molar-refractivity contribution in [3.63, 3.8) is 0 Å². The van der Waals surface area contributed by atoms with Crippen LogP contribution in [0, 0.1) is 6.92 Å². The number of aryl methyl sites for hydroxylation is 1. The normalized spacial score (nSPS) is 11.0. The summed E-state index contributed by atoms with van der Waals surface area (Å²) < 4.78 is 1.53. The standard InChI is InChI=1S/C20H16N4OS/c1-14-11-17(15-7-3-2-4-8-15)23-20(21-14)26-13-16-12-19(25)24-10-6-5-9-18(24)22-16/h2-12H,13H2,1H3. The molecule has 0 aliphatic heterocycles. The van der Waals surface area contributed by atoms with Crippen LogP contribution in [0.4, 0.5) is 0 Å². The van der Waals surface area contributed by atoms with E-state index in [0.29, 0.717) is 16.6 Å². The maximum absolute atomic E-state index is 12.2. The molecule has 0 amide bonds. The Morgan fingerprint density at radius 3 is 2.62 bits per heavy atom. The molecule has 128 valence electrons. The van der Waals surface area contributed by atoms with Crippen molar-refractivity contribution in [3.05, 3.63) is 88.6 Å². The van der Waals surface area contributed by atoms with Crippen LogP contribution in [0.2, 0.25) is 0 Å². The Bertz CT molecular complexity index is 1130. The van der Waals surface area contributed by atoms with Gasteiger partial charge in [-0.1, -0.05) is 48.2 Å². The van der Waals surface area contributed by atoms with Gasteiger partial charge in [-0.2, -0.15) is 0 Å². The van der Waals surface area contributed by atoms with E-state index in [1.807, 2.05) is 61.5 Å². The van der Waals surface area contributed by atoms with Gasteiger partial charge in [-0.05, 0) is 25.1 Å². The van der Waals surface area contributed by atoms with E-state index in [0.717, 1.165) is 22.6 Å². The molecule has 0 N–H and O–H groups in total. The maximum Gasteiger partial charge on any atom is 0.258 e. The van der Waals surface area contributed by atoms with Gasteiger partial charge in [0.2, 0.25) is 0 Å². The molecule has 0 radical (unpaired) electrons. The van der Waals surface area contributed by atoms with Crippen molar-refractivity contribution in [3.8, 4) is 11.3 Å². The monoisotopic (exact) mass is 360 g/mol. The van der Waals surface area contributed by atoms with Gasteiger partial charge < -0.3 is 0 Å². The number of nitrogens with zero attached hydrogens (tertiary/aromatic N) is 4. The zero-order valence-corrected chi connectivity index (χ0v) is 15.0. The highest BCUT2D eigenvalue weighted by Crippen LogP contribution is 2.23. The van der Waals surface area contributed by atoms with Crippen molar-refractivity contribution in [1.82, 2.24) is 19.4 Å². The highest BCUT2D eigenvalue weighted by Gasteiger charge is 2.08. The van der Waals surface area contributed by atoms with Crippen LogP contribution in [-0.2, 0) is 5.75 Å². The lowest BCUT2D eigenvalue weighted by Crippen LogP contribution is -2.14. The predicted octanol–water partition coefficient (Wildman–Crippen LogP) is 3.75. The Kier molecular flexibility index (Phi) is 4.50. The van der Waals surface area contributed by atoms with Gasteiger partial charge in [-0.3, -0.25) is 9.20 Å². The summed E-state index contributed by atoms with van der Waals surface area (Å²) in [6.45, 7) is 1.96. The highest BCUT2D eigenvalue weighted by atomic mass is 32.2. The first-order valence-corrected chi connectivity index (χ1v) is 9.19. The summed E-state index contributed by atoms with van der Waals surface area (Å²) in [6, 6.07) is 19.1. The summed E-state index contributed by atoms with van der Waals surface area (Å²) in [5.41, 5.74) is 4.14. The van der Waals surface area contributed by atoms with Crippen molar-refractivity contribution < 1.29 is 0 Å². The summed E-state index contributed by atoms with van der Waals surface area (Å²) in [4.78, 5) is 25.9. The van der Waals surface area contributed by atoms with Gasteiger partial charge in [-0.15, -0.1) is 0 Å². The summed E-state index contributed by atoms with van der Waals surface area (Å²) in [6.07, 6.45) is 1.72. The van der Waals surface area contributed by atoms with E-state index < -0.39 is 0 Å². The average Bonchev–Trinajstić information content (AvgIpc) is 2.67. The van der Waals surface area contributed by atoms with Crippen molar-refractivity contribution in [2.45, 2.75) is 17.8 Å². The lowest BCUT2D eigenvalue weighted by atomic mass is 10.1. The van der Waals surface area contributed by atoms with E-state index in [4.69, 9.17) is 0 Å². The third-order valence-electron chi connectivity index (χ3n) is 3.88. The molecular formula is C20H16N4OS. The van der Waals surface area contributed by atoms with Gasteiger partial charge >= 0.3 is 0 Å². The molecule has 0 spiro atoms. The second-order valence-electron chi connectivity index (χ2n) is 5.85. The van der Waals surface area contributed by atoms with Crippen LogP contribution in [0.25, 0.3) is 16.9 Å². The number of hydrogen-bond acceptors (Lipinski definition) is 5. The molecule has 0 atom stereocenters. The van der Waals surface area contributed by atoms with Gasteiger partial charge in [0.1, 0.15) is 5.65 Å². The summed E-state index contributed by atoms with van der Waals surface area (Å²) >= 11 is 1.48. The van der Waals surface area contributed by atoms with E-state index in [9.17, 15) is 4.79 Å². The first-order valence-electron chi connectivity index (χ1n) is 8.20. The van der Waals surface area contributed by atoms with E-state index in [1.165, 1.54) is 16.2 Å². The fourth-order valence-electron chi connectivity index (χ4n) is 2.68. The minimum Gasteiger partial charge on any atom is -0.269 e. The van der Waals surface area contributed by atoms with Crippen molar-refractivity contribution in [1.29, 1.82) is 0 Å². The molecule has 0 aliphatic carbocycles. The number of aromatic nitrogens is 4. The summed E-state index contributed by atoms with van der Waals surface area (Å²) in [5, 5.41) is 0.680. The minimum atomic E-state index is -0.0821. The van der Waals surface area contributed by atoms with Crippen LogP contribution >= 0.6 is 11.8 Å². The molecule has 0 saturated carbocycles. The van der Waals surface area contributed by atoms with Gasteiger partial charge in [0, 0.05) is 29.3 Å². The third-order valence-corrected chi connectivity index (χ3v) is 4.76. The van der Waals surface area contributed by atoms with Gasteiger partial charge in [-0.25, -0.2) is 15.0 Å². The lowest BCUT2D eigenvalue weighted by Gasteiger charge is -2.06.